The van der Waals surface area contributed by atoms with Gasteiger partial charge in [-0.05, 0) is 51.8 Å². The Labute approximate surface area is 123 Å². The van der Waals surface area contributed by atoms with Crippen LogP contribution in [0.4, 0.5) is 18.9 Å². The van der Waals surface area contributed by atoms with E-state index in [4.69, 9.17) is 0 Å². The molecule has 0 aromatic carbocycles. The molecule has 118 valence electrons. The lowest BCUT2D eigenvalue weighted by Crippen LogP contribution is -2.32. The van der Waals surface area contributed by atoms with Gasteiger partial charge in [-0.3, -0.25) is 0 Å². The van der Waals surface area contributed by atoms with E-state index >= 15 is 0 Å². The lowest BCUT2D eigenvalue weighted by atomic mass is 10.1. The van der Waals surface area contributed by atoms with Gasteiger partial charge in [0.15, 0.2) is 0 Å². The monoisotopic (exact) mass is 301 g/mol. The summed E-state index contributed by atoms with van der Waals surface area (Å²) >= 11 is 0. The highest BCUT2D eigenvalue weighted by Gasteiger charge is 2.32. The van der Waals surface area contributed by atoms with Crippen molar-refractivity contribution in [1.82, 2.24) is 9.88 Å². The normalized spacial score (nSPS) is 21.3. The van der Waals surface area contributed by atoms with E-state index in [0.717, 1.165) is 38.4 Å². The lowest BCUT2D eigenvalue weighted by Gasteiger charge is -2.24. The van der Waals surface area contributed by atoms with Crippen LogP contribution in [0.25, 0.3) is 0 Å². The van der Waals surface area contributed by atoms with E-state index < -0.39 is 11.9 Å². The third kappa shape index (κ3) is 4.59. The molecule has 0 spiro atoms. The average molecular weight is 301 g/mol. The second kappa shape index (κ2) is 6.64. The molecule has 1 unspecified atom stereocenters. The highest BCUT2D eigenvalue weighted by molar-refractivity contribution is 5.42. The van der Waals surface area contributed by atoms with Gasteiger partial charge < -0.3 is 10.2 Å². The zero-order valence-corrected chi connectivity index (χ0v) is 12.5. The van der Waals surface area contributed by atoms with Crippen molar-refractivity contribution in [3.05, 3.63) is 24.0 Å². The van der Waals surface area contributed by atoms with E-state index in [1.54, 1.807) is 0 Å². The van der Waals surface area contributed by atoms with E-state index in [1.165, 1.54) is 12.3 Å². The molecule has 1 aliphatic rings. The van der Waals surface area contributed by atoms with Crippen LogP contribution < -0.4 is 5.32 Å². The molecule has 1 atom stereocenters. The van der Waals surface area contributed by atoms with Crippen molar-refractivity contribution in [2.45, 2.75) is 51.4 Å². The number of nitrogens with one attached hydrogen (secondary N) is 1. The summed E-state index contributed by atoms with van der Waals surface area (Å²) in [4.78, 5) is 5.92. The minimum atomic E-state index is -4.38. The molecule has 1 aliphatic heterocycles. The predicted octanol–water partition coefficient (Wildman–Crippen LogP) is 3.78. The number of anilines is 1. The topological polar surface area (TPSA) is 28.2 Å². The van der Waals surface area contributed by atoms with Crippen LogP contribution in [-0.4, -0.2) is 35.1 Å². The van der Waals surface area contributed by atoms with E-state index in [0.29, 0.717) is 17.8 Å². The zero-order chi connectivity index (χ0) is 15.5. The maximum atomic E-state index is 12.5. The molecule has 2 rings (SSSR count). The Morgan fingerprint density at radius 2 is 2.00 bits per heavy atom. The standard InChI is InChI=1S/C15H22F3N3/c1-11(2)21-8-3-4-12(7-9-21)20-13-5-6-14(19-10-13)15(16,17)18/h5-6,10-12,20H,3-4,7-9H2,1-2H3. The molecule has 0 bridgehead atoms. The fraction of sp³-hybridized carbons (Fsp3) is 0.667. The third-order valence-electron chi connectivity index (χ3n) is 3.92. The summed E-state index contributed by atoms with van der Waals surface area (Å²) in [6.45, 7) is 6.48. The summed E-state index contributed by atoms with van der Waals surface area (Å²) < 4.78 is 37.4. The van der Waals surface area contributed by atoms with Crippen LogP contribution in [0.2, 0.25) is 0 Å². The van der Waals surface area contributed by atoms with E-state index in [9.17, 15) is 13.2 Å². The summed E-state index contributed by atoms with van der Waals surface area (Å²) in [6.07, 6.45) is 0.0277. The minimum Gasteiger partial charge on any atom is -0.381 e. The Hall–Kier alpha value is -1.30. The number of halogens is 3. The van der Waals surface area contributed by atoms with E-state index in [2.05, 4.69) is 29.0 Å². The van der Waals surface area contributed by atoms with Crippen molar-refractivity contribution in [2.75, 3.05) is 18.4 Å². The molecule has 0 saturated carbocycles. The summed E-state index contributed by atoms with van der Waals surface area (Å²) in [5.41, 5.74) is -0.189. The molecule has 1 N–H and O–H groups in total. The van der Waals surface area contributed by atoms with Gasteiger partial charge in [0.05, 0.1) is 11.9 Å². The molecule has 1 saturated heterocycles. The number of hydrogen-bond donors (Lipinski definition) is 1. The summed E-state index contributed by atoms with van der Waals surface area (Å²) in [6, 6.07) is 3.32. The maximum Gasteiger partial charge on any atom is 0.433 e. The molecule has 6 heteroatoms. The number of rotatable bonds is 3. The van der Waals surface area contributed by atoms with E-state index in [1.807, 2.05) is 0 Å². The highest BCUT2D eigenvalue weighted by atomic mass is 19.4. The van der Waals surface area contributed by atoms with Gasteiger partial charge in [-0.25, -0.2) is 4.98 Å². The van der Waals surface area contributed by atoms with Gasteiger partial charge in [0.2, 0.25) is 0 Å². The summed E-state index contributed by atoms with van der Waals surface area (Å²) in [7, 11) is 0. The fourth-order valence-electron chi connectivity index (χ4n) is 2.66. The van der Waals surface area contributed by atoms with Gasteiger partial charge in [0.25, 0.3) is 0 Å². The Bertz CT molecular complexity index is 442. The number of likely N-dealkylation sites (tertiary alicyclic amines) is 1. The lowest BCUT2D eigenvalue weighted by molar-refractivity contribution is -0.141. The largest absolute Gasteiger partial charge is 0.433 e. The molecule has 2 heterocycles. The maximum absolute atomic E-state index is 12.5. The highest BCUT2D eigenvalue weighted by Crippen LogP contribution is 2.28. The first kappa shape index (κ1) is 16.1. The van der Waals surface area contributed by atoms with Gasteiger partial charge in [-0.2, -0.15) is 13.2 Å². The minimum absolute atomic E-state index is 0.298. The first-order valence-electron chi connectivity index (χ1n) is 7.40. The number of alkyl halides is 3. The predicted molar refractivity (Wildman–Crippen MR) is 77.2 cm³/mol. The van der Waals surface area contributed by atoms with Crippen molar-refractivity contribution in [3.63, 3.8) is 0 Å². The van der Waals surface area contributed by atoms with Crippen LogP contribution in [0.3, 0.4) is 0 Å². The molecule has 0 amide bonds. The molecular formula is C15H22F3N3. The Morgan fingerprint density at radius 3 is 2.57 bits per heavy atom. The van der Waals surface area contributed by atoms with Crippen LogP contribution in [0.15, 0.2) is 18.3 Å². The van der Waals surface area contributed by atoms with Crippen molar-refractivity contribution < 1.29 is 13.2 Å². The van der Waals surface area contributed by atoms with Crippen LogP contribution in [0.5, 0.6) is 0 Å². The summed E-state index contributed by atoms with van der Waals surface area (Å²) in [5.74, 6) is 0. The SMILES string of the molecule is CC(C)N1CCCC(Nc2ccc(C(F)(F)F)nc2)CC1. The van der Waals surface area contributed by atoms with Crippen molar-refractivity contribution in [1.29, 1.82) is 0 Å². The van der Waals surface area contributed by atoms with Gasteiger partial charge >= 0.3 is 6.18 Å². The average Bonchev–Trinajstić information content (AvgIpc) is 2.64. The third-order valence-corrected chi connectivity index (χ3v) is 3.92. The molecule has 3 nitrogen and oxygen atoms in total. The first-order valence-corrected chi connectivity index (χ1v) is 7.40. The van der Waals surface area contributed by atoms with Crippen molar-refractivity contribution in [2.24, 2.45) is 0 Å². The van der Waals surface area contributed by atoms with Crippen LogP contribution in [-0.2, 0) is 6.18 Å². The molecule has 1 aromatic heterocycles. The number of nitrogens with zero attached hydrogens (tertiary/aromatic N) is 2. The molecule has 0 radical (unpaired) electrons. The first-order chi connectivity index (χ1) is 9.86. The second-order valence-corrected chi connectivity index (χ2v) is 5.83. The van der Waals surface area contributed by atoms with E-state index in [-0.39, 0.29) is 0 Å². The molecular weight excluding hydrogens is 279 g/mol. The molecule has 0 aliphatic carbocycles. The number of hydrogen-bond acceptors (Lipinski definition) is 3. The van der Waals surface area contributed by atoms with Gasteiger partial charge in [0, 0.05) is 18.6 Å². The Balaban J connectivity index is 1.93. The smallest absolute Gasteiger partial charge is 0.381 e. The molecule has 21 heavy (non-hydrogen) atoms. The summed E-state index contributed by atoms with van der Waals surface area (Å²) in [5, 5.41) is 3.30. The quantitative estimate of drug-likeness (QED) is 0.921. The Morgan fingerprint density at radius 1 is 1.24 bits per heavy atom. The molecule has 1 aromatic rings. The van der Waals surface area contributed by atoms with Crippen LogP contribution >= 0.6 is 0 Å². The number of aromatic nitrogens is 1. The van der Waals surface area contributed by atoms with Crippen LogP contribution in [0, 0.1) is 0 Å². The van der Waals surface area contributed by atoms with Gasteiger partial charge in [-0.15, -0.1) is 0 Å². The molecule has 1 fully saturated rings. The van der Waals surface area contributed by atoms with Crippen LogP contribution in [0.1, 0.15) is 38.8 Å². The van der Waals surface area contributed by atoms with Crippen molar-refractivity contribution >= 4 is 5.69 Å². The fourth-order valence-corrected chi connectivity index (χ4v) is 2.66. The number of pyridine rings is 1. The van der Waals surface area contributed by atoms with Gasteiger partial charge in [0.1, 0.15) is 5.69 Å². The van der Waals surface area contributed by atoms with Crippen molar-refractivity contribution in [3.8, 4) is 0 Å². The van der Waals surface area contributed by atoms with Gasteiger partial charge in [-0.1, -0.05) is 0 Å². The second-order valence-electron chi connectivity index (χ2n) is 5.83. The zero-order valence-electron chi connectivity index (χ0n) is 12.5. The Kier molecular flexibility index (Phi) is 5.08.